The summed E-state index contributed by atoms with van der Waals surface area (Å²) < 4.78 is 0. The zero-order valence-corrected chi connectivity index (χ0v) is 10.8. The molecule has 1 aromatic heterocycles. The van der Waals surface area contributed by atoms with Crippen LogP contribution < -0.4 is 11.1 Å². The van der Waals surface area contributed by atoms with E-state index in [4.69, 9.17) is 5.73 Å². The van der Waals surface area contributed by atoms with Crippen LogP contribution in [0.1, 0.15) is 44.4 Å². The first-order valence-electron chi connectivity index (χ1n) is 5.56. The van der Waals surface area contributed by atoms with Gasteiger partial charge in [0.05, 0.1) is 6.04 Å². The van der Waals surface area contributed by atoms with Crippen molar-refractivity contribution >= 4 is 22.4 Å². The van der Waals surface area contributed by atoms with E-state index in [2.05, 4.69) is 24.1 Å². The van der Waals surface area contributed by atoms with E-state index in [1.54, 1.807) is 6.20 Å². The van der Waals surface area contributed by atoms with E-state index in [9.17, 15) is 4.79 Å². The van der Waals surface area contributed by atoms with Gasteiger partial charge in [0.1, 0.15) is 0 Å². The van der Waals surface area contributed by atoms with Gasteiger partial charge < -0.3 is 11.1 Å². The molecule has 3 N–H and O–H groups in total. The summed E-state index contributed by atoms with van der Waals surface area (Å²) in [5, 5.41) is 3.38. The third kappa shape index (κ3) is 3.57. The molecule has 1 atom stereocenters. The maximum atomic E-state index is 11.6. The molecule has 0 saturated heterocycles. The van der Waals surface area contributed by atoms with Crippen molar-refractivity contribution < 1.29 is 4.79 Å². The third-order valence-corrected chi connectivity index (χ3v) is 3.47. The summed E-state index contributed by atoms with van der Waals surface area (Å²) in [5.74, 6) is 0.291. The second kappa shape index (κ2) is 5.96. The molecule has 0 saturated carbocycles. The number of carbonyl (C=O) groups is 1. The van der Waals surface area contributed by atoms with Gasteiger partial charge in [-0.05, 0) is 12.3 Å². The van der Waals surface area contributed by atoms with Crippen LogP contribution in [0.3, 0.4) is 0 Å². The maximum Gasteiger partial charge on any atom is 0.243 e. The summed E-state index contributed by atoms with van der Waals surface area (Å²) in [7, 11) is 0. The smallest absolute Gasteiger partial charge is 0.243 e. The minimum Gasteiger partial charge on any atom is -0.320 e. The fourth-order valence-corrected chi connectivity index (χ4v) is 2.07. The van der Waals surface area contributed by atoms with E-state index in [0.29, 0.717) is 17.5 Å². The Bertz CT molecular complexity index is 349. The predicted molar refractivity (Wildman–Crippen MR) is 67.7 cm³/mol. The van der Waals surface area contributed by atoms with E-state index in [-0.39, 0.29) is 5.91 Å². The number of carbonyl (C=O) groups excluding carboxylic acids is 1. The molecule has 0 fully saturated rings. The van der Waals surface area contributed by atoms with Crippen LogP contribution in [0.15, 0.2) is 6.20 Å². The number of thiazole rings is 1. The number of hydrogen-bond donors (Lipinski definition) is 2. The highest BCUT2D eigenvalue weighted by Gasteiger charge is 2.14. The topological polar surface area (TPSA) is 68.0 Å². The second-order valence-corrected chi connectivity index (χ2v) is 5.17. The number of nitrogens with zero attached hydrogens (tertiary/aromatic N) is 1. The van der Waals surface area contributed by atoms with Crippen molar-refractivity contribution in [2.45, 2.75) is 45.6 Å². The van der Waals surface area contributed by atoms with Crippen molar-refractivity contribution in [2.24, 2.45) is 5.73 Å². The zero-order chi connectivity index (χ0) is 12.1. The molecule has 0 radical (unpaired) electrons. The van der Waals surface area contributed by atoms with Gasteiger partial charge in [-0.15, -0.1) is 11.3 Å². The molecule has 1 rings (SSSR count). The molecule has 0 spiro atoms. The first-order valence-corrected chi connectivity index (χ1v) is 6.38. The van der Waals surface area contributed by atoms with Crippen LogP contribution in [-0.4, -0.2) is 16.9 Å². The van der Waals surface area contributed by atoms with Crippen LogP contribution in [0.4, 0.5) is 5.13 Å². The van der Waals surface area contributed by atoms with E-state index in [1.807, 2.05) is 6.92 Å². The molecule has 90 valence electrons. The molecule has 0 unspecified atom stereocenters. The highest BCUT2D eigenvalue weighted by molar-refractivity contribution is 7.15. The molecule has 0 aliphatic rings. The number of nitrogens with two attached hydrogens (primary N) is 1. The van der Waals surface area contributed by atoms with Crippen LogP contribution in [0.5, 0.6) is 0 Å². The first-order chi connectivity index (χ1) is 7.54. The lowest BCUT2D eigenvalue weighted by molar-refractivity contribution is -0.117. The Kier molecular flexibility index (Phi) is 4.89. The molecule has 4 nitrogen and oxygen atoms in total. The van der Waals surface area contributed by atoms with Crippen LogP contribution in [0.2, 0.25) is 0 Å². The molecule has 1 aromatic rings. The van der Waals surface area contributed by atoms with E-state index in [1.165, 1.54) is 16.2 Å². The Labute approximate surface area is 100 Å². The summed E-state index contributed by atoms with van der Waals surface area (Å²) in [6.07, 6.45) is 3.41. The summed E-state index contributed by atoms with van der Waals surface area (Å²) in [4.78, 5) is 16.9. The minimum absolute atomic E-state index is 0.147. The lowest BCUT2D eigenvalue weighted by Crippen LogP contribution is -2.35. The summed E-state index contributed by atoms with van der Waals surface area (Å²) in [6, 6.07) is -0.434. The number of aromatic nitrogens is 1. The van der Waals surface area contributed by atoms with E-state index in [0.717, 1.165) is 6.42 Å². The van der Waals surface area contributed by atoms with Gasteiger partial charge in [0, 0.05) is 11.1 Å². The van der Waals surface area contributed by atoms with E-state index >= 15 is 0 Å². The average molecular weight is 241 g/mol. The highest BCUT2D eigenvalue weighted by Crippen LogP contribution is 2.25. The lowest BCUT2D eigenvalue weighted by atomic mass is 10.2. The lowest BCUT2D eigenvalue weighted by Gasteiger charge is -2.08. The zero-order valence-electron chi connectivity index (χ0n) is 9.99. The number of rotatable bonds is 5. The fourth-order valence-electron chi connectivity index (χ4n) is 1.25. The largest absolute Gasteiger partial charge is 0.320 e. The molecule has 0 aromatic carbocycles. The minimum atomic E-state index is -0.434. The summed E-state index contributed by atoms with van der Waals surface area (Å²) in [6.45, 7) is 6.21. The molecule has 1 amide bonds. The second-order valence-electron chi connectivity index (χ2n) is 4.11. The van der Waals surface area contributed by atoms with Crippen molar-refractivity contribution in [1.29, 1.82) is 0 Å². The van der Waals surface area contributed by atoms with Crippen molar-refractivity contribution in [3.63, 3.8) is 0 Å². The third-order valence-electron chi connectivity index (χ3n) is 2.26. The average Bonchev–Trinajstić information content (AvgIpc) is 2.66. The summed E-state index contributed by atoms with van der Waals surface area (Å²) in [5.41, 5.74) is 5.71. The quantitative estimate of drug-likeness (QED) is 0.831. The van der Waals surface area contributed by atoms with Gasteiger partial charge in [0.15, 0.2) is 5.13 Å². The number of amides is 1. The molecule has 0 aliphatic heterocycles. The van der Waals surface area contributed by atoms with Gasteiger partial charge in [-0.1, -0.05) is 27.2 Å². The molecular formula is C11H19N3OS. The fraction of sp³-hybridized carbons (Fsp3) is 0.636. The molecule has 5 heteroatoms. The maximum absolute atomic E-state index is 11.6. The SMILES string of the molecule is CCC[C@@H](N)C(=O)Nc1ncc(C(C)C)s1. The first kappa shape index (κ1) is 13.1. The Hall–Kier alpha value is -0.940. The monoisotopic (exact) mass is 241 g/mol. The Balaban J connectivity index is 2.56. The normalized spacial score (nSPS) is 12.8. The van der Waals surface area contributed by atoms with Gasteiger partial charge in [0.2, 0.25) is 5.91 Å². The predicted octanol–water partition coefficient (Wildman–Crippen LogP) is 2.33. The highest BCUT2D eigenvalue weighted by atomic mass is 32.1. The van der Waals surface area contributed by atoms with Crippen molar-refractivity contribution in [2.75, 3.05) is 5.32 Å². The Morgan fingerprint density at radius 1 is 1.62 bits per heavy atom. The number of nitrogens with one attached hydrogen (secondary N) is 1. The van der Waals surface area contributed by atoms with E-state index < -0.39 is 6.04 Å². The van der Waals surface area contributed by atoms with Crippen LogP contribution in [-0.2, 0) is 4.79 Å². The van der Waals surface area contributed by atoms with Crippen molar-refractivity contribution in [3.8, 4) is 0 Å². The number of hydrogen-bond acceptors (Lipinski definition) is 4. The molecule has 1 heterocycles. The van der Waals surface area contributed by atoms with Gasteiger partial charge >= 0.3 is 0 Å². The van der Waals surface area contributed by atoms with Crippen molar-refractivity contribution in [1.82, 2.24) is 4.98 Å². The molecule has 0 bridgehead atoms. The van der Waals surface area contributed by atoms with Gasteiger partial charge in [0.25, 0.3) is 0 Å². The van der Waals surface area contributed by atoms with Crippen LogP contribution in [0, 0.1) is 0 Å². The van der Waals surface area contributed by atoms with Crippen molar-refractivity contribution in [3.05, 3.63) is 11.1 Å². The van der Waals surface area contributed by atoms with Gasteiger partial charge in [-0.3, -0.25) is 4.79 Å². The molecular weight excluding hydrogens is 222 g/mol. The number of anilines is 1. The molecule has 0 aliphatic carbocycles. The van der Waals surface area contributed by atoms with Crippen LogP contribution >= 0.6 is 11.3 Å². The van der Waals surface area contributed by atoms with Gasteiger partial charge in [-0.25, -0.2) is 4.98 Å². The Morgan fingerprint density at radius 3 is 2.81 bits per heavy atom. The molecule has 16 heavy (non-hydrogen) atoms. The summed E-state index contributed by atoms with van der Waals surface area (Å²) >= 11 is 1.51. The Morgan fingerprint density at radius 2 is 2.31 bits per heavy atom. The standard InChI is InChI=1S/C11H19N3OS/c1-4-5-8(12)10(15)14-11-13-6-9(16-11)7(2)3/h6-8H,4-5,12H2,1-3H3,(H,13,14,15)/t8-/m1/s1. The van der Waals surface area contributed by atoms with Crippen LogP contribution in [0.25, 0.3) is 0 Å². The van der Waals surface area contributed by atoms with Gasteiger partial charge in [-0.2, -0.15) is 0 Å².